The number of aliphatic hydroxyl groups is 4. The summed E-state index contributed by atoms with van der Waals surface area (Å²) in [6.45, 7) is 9.77. The number of ether oxygens (including phenoxy) is 3. The number of epoxide rings is 1. The third kappa shape index (κ3) is 3.25. The molecule has 1 aliphatic heterocycles. The second-order valence-corrected chi connectivity index (χ2v) is 13.7. The van der Waals surface area contributed by atoms with Crippen LogP contribution in [0.15, 0.2) is 42.0 Å². The number of carbonyl (C=O) groups excluding carboxylic acids is 3. The molecule has 1 aromatic rings. The van der Waals surface area contributed by atoms with E-state index in [4.69, 9.17) is 14.2 Å². The molecule has 10 nitrogen and oxygen atoms in total. The van der Waals surface area contributed by atoms with E-state index in [0.717, 1.165) is 0 Å². The van der Waals surface area contributed by atoms with Crippen molar-refractivity contribution < 1.29 is 49.0 Å². The van der Waals surface area contributed by atoms with E-state index < -0.39 is 100 Å². The molecule has 0 amide bonds. The number of carbonyl (C=O) groups is 3. The zero-order valence-electron chi connectivity index (χ0n) is 24.7. The van der Waals surface area contributed by atoms with Gasteiger partial charge in [0.05, 0.1) is 29.8 Å². The molecule has 5 aliphatic rings. The lowest BCUT2D eigenvalue weighted by Crippen LogP contribution is -2.69. The Morgan fingerprint density at radius 3 is 2.38 bits per heavy atom. The van der Waals surface area contributed by atoms with Crippen molar-refractivity contribution in [1.82, 2.24) is 0 Å². The minimum Gasteiger partial charge on any atom is -0.454 e. The molecule has 12 atom stereocenters. The molecule has 228 valence electrons. The number of Topliss-reactive ketones (excluding diaryl/α,β-unsaturated/α-hetero) is 1. The molecule has 4 fully saturated rings. The van der Waals surface area contributed by atoms with E-state index in [-0.39, 0.29) is 11.1 Å². The van der Waals surface area contributed by atoms with Crippen LogP contribution in [0.2, 0.25) is 0 Å². The van der Waals surface area contributed by atoms with Crippen LogP contribution in [-0.2, 0) is 23.8 Å². The van der Waals surface area contributed by atoms with Gasteiger partial charge in [-0.3, -0.25) is 9.59 Å². The Morgan fingerprint density at radius 1 is 1.14 bits per heavy atom. The van der Waals surface area contributed by atoms with Gasteiger partial charge in [-0.15, -0.1) is 0 Å². The number of hydrogen-bond acceptors (Lipinski definition) is 10. The lowest BCUT2D eigenvalue weighted by Gasteiger charge is -2.53. The van der Waals surface area contributed by atoms with Gasteiger partial charge in [0.1, 0.15) is 17.8 Å². The van der Waals surface area contributed by atoms with Gasteiger partial charge in [-0.1, -0.05) is 58.9 Å². The average Bonchev–Trinajstić information content (AvgIpc) is 3.80. The van der Waals surface area contributed by atoms with Crippen LogP contribution < -0.4 is 0 Å². The van der Waals surface area contributed by atoms with Crippen molar-refractivity contribution in [2.45, 2.75) is 88.7 Å². The Labute approximate surface area is 244 Å². The molecule has 10 heteroatoms. The molecule has 4 N–H and O–H groups in total. The number of fused-ring (bicyclic) bond motifs is 7. The van der Waals surface area contributed by atoms with Crippen molar-refractivity contribution in [2.24, 2.45) is 35.0 Å². The van der Waals surface area contributed by atoms with Gasteiger partial charge in [0.2, 0.25) is 0 Å². The van der Waals surface area contributed by atoms with Gasteiger partial charge in [0.15, 0.2) is 17.0 Å². The number of ketones is 1. The highest BCUT2D eigenvalue weighted by Gasteiger charge is 2.93. The molecule has 1 saturated heterocycles. The fourth-order valence-corrected chi connectivity index (χ4v) is 8.86. The quantitative estimate of drug-likeness (QED) is 0.285. The predicted octanol–water partition coefficient (Wildman–Crippen LogP) is 1.57. The highest BCUT2D eigenvalue weighted by molar-refractivity contribution is 6.05. The molecule has 0 aromatic heterocycles. The zero-order valence-corrected chi connectivity index (χ0v) is 24.7. The first kappa shape index (κ1) is 29.4. The van der Waals surface area contributed by atoms with Crippen LogP contribution >= 0.6 is 0 Å². The van der Waals surface area contributed by atoms with Crippen molar-refractivity contribution in [1.29, 1.82) is 0 Å². The number of aliphatic hydroxyl groups excluding tert-OH is 2. The number of rotatable bonds is 6. The second-order valence-electron chi connectivity index (χ2n) is 13.7. The van der Waals surface area contributed by atoms with Gasteiger partial charge >= 0.3 is 11.9 Å². The summed E-state index contributed by atoms with van der Waals surface area (Å²) in [4.78, 5) is 40.4. The van der Waals surface area contributed by atoms with E-state index in [1.54, 1.807) is 44.2 Å². The van der Waals surface area contributed by atoms with Crippen molar-refractivity contribution in [3.8, 4) is 0 Å². The highest BCUT2D eigenvalue weighted by atomic mass is 16.6. The van der Waals surface area contributed by atoms with Gasteiger partial charge < -0.3 is 34.6 Å². The first-order valence-corrected chi connectivity index (χ1v) is 14.8. The molecular formula is C32H40O10. The summed E-state index contributed by atoms with van der Waals surface area (Å²) in [5, 5.41) is 47.0. The highest BCUT2D eigenvalue weighted by Crippen LogP contribution is 2.80. The second kappa shape index (κ2) is 8.95. The van der Waals surface area contributed by atoms with Gasteiger partial charge in [0, 0.05) is 29.1 Å². The molecule has 0 radical (unpaired) electrons. The Balaban J connectivity index is 1.55. The van der Waals surface area contributed by atoms with E-state index >= 15 is 0 Å². The van der Waals surface area contributed by atoms with Crippen LogP contribution in [-0.4, -0.2) is 85.5 Å². The van der Waals surface area contributed by atoms with Crippen molar-refractivity contribution in [3.63, 3.8) is 0 Å². The third-order valence-corrected chi connectivity index (χ3v) is 11.5. The van der Waals surface area contributed by atoms with E-state index in [2.05, 4.69) is 0 Å². The fraction of sp³-hybridized carbons (Fsp3) is 0.656. The lowest BCUT2D eigenvalue weighted by atomic mass is 9.58. The summed E-state index contributed by atoms with van der Waals surface area (Å²) in [5.74, 6) is -6.30. The molecular weight excluding hydrogens is 544 g/mol. The SMILES string of the molecule is CCC(C)C(=O)OC12C(OC(=O)c3ccccc3)[C@@H](C)C3(O)[C@@H]4C=C(C)C(=O)C4(O)C(O)C4(CO)OC4[C@H]3[C@H]1C2(C)C. The maximum absolute atomic E-state index is 13.5. The summed E-state index contributed by atoms with van der Waals surface area (Å²) in [6.07, 6.45) is -2.03. The van der Waals surface area contributed by atoms with Crippen molar-refractivity contribution in [3.05, 3.63) is 47.5 Å². The maximum Gasteiger partial charge on any atom is 0.338 e. The standard InChI is InChI=1S/C32H40O10/c1-7-15(2)25(35)42-32-21(28(32,5)6)20-24-29(14-33,41-24)27(37)31(39)19(13-16(3)22(31)34)30(20,38)17(4)23(32)40-26(36)18-11-9-8-10-12-18/h8-13,15,17,19-21,23-24,27,33,37-39H,7,14H2,1-6H3/t15?,17-,19+,20-,21+,23?,24?,27?,29?,30?,31?,32?/m1/s1. The molecule has 4 aliphatic carbocycles. The van der Waals surface area contributed by atoms with Gasteiger partial charge in [-0.2, -0.15) is 0 Å². The number of esters is 2. The van der Waals surface area contributed by atoms with E-state index in [1.807, 2.05) is 20.8 Å². The zero-order chi connectivity index (χ0) is 30.8. The normalized spacial score (nSPS) is 46.6. The fourth-order valence-electron chi connectivity index (χ4n) is 8.86. The maximum atomic E-state index is 13.5. The van der Waals surface area contributed by atoms with Gasteiger partial charge in [-0.05, 0) is 31.1 Å². The predicted molar refractivity (Wildman–Crippen MR) is 147 cm³/mol. The Bertz CT molecular complexity index is 1370. The molecule has 0 spiro atoms. The molecule has 42 heavy (non-hydrogen) atoms. The Hall–Kier alpha value is -2.63. The summed E-state index contributed by atoms with van der Waals surface area (Å²) in [7, 11) is 0. The van der Waals surface area contributed by atoms with Crippen LogP contribution in [0.1, 0.15) is 58.3 Å². The molecule has 8 unspecified atom stereocenters. The summed E-state index contributed by atoms with van der Waals surface area (Å²) in [6, 6.07) is 8.33. The van der Waals surface area contributed by atoms with Crippen LogP contribution in [0.4, 0.5) is 0 Å². The Morgan fingerprint density at radius 2 is 1.79 bits per heavy atom. The van der Waals surface area contributed by atoms with Crippen LogP contribution in [0.3, 0.4) is 0 Å². The summed E-state index contributed by atoms with van der Waals surface area (Å²) < 4.78 is 18.6. The number of hydrogen-bond donors (Lipinski definition) is 4. The first-order valence-electron chi connectivity index (χ1n) is 14.8. The third-order valence-electron chi connectivity index (χ3n) is 11.5. The minimum absolute atomic E-state index is 0.154. The molecule has 1 heterocycles. The summed E-state index contributed by atoms with van der Waals surface area (Å²) >= 11 is 0. The van der Waals surface area contributed by atoms with Gasteiger partial charge in [-0.25, -0.2) is 4.79 Å². The van der Waals surface area contributed by atoms with Gasteiger partial charge in [0.25, 0.3) is 0 Å². The van der Waals surface area contributed by atoms with E-state index in [9.17, 15) is 34.8 Å². The first-order chi connectivity index (χ1) is 19.6. The van der Waals surface area contributed by atoms with Crippen molar-refractivity contribution >= 4 is 17.7 Å². The summed E-state index contributed by atoms with van der Waals surface area (Å²) in [5.41, 5.74) is -8.04. The smallest absolute Gasteiger partial charge is 0.338 e. The minimum atomic E-state index is -2.50. The van der Waals surface area contributed by atoms with Crippen molar-refractivity contribution in [2.75, 3.05) is 6.61 Å². The van der Waals surface area contributed by atoms with E-state index in [0.29, 0.717) is 6.42 Å². The lowest BCUT2D eigenvalue weighted by molar-refractivity contribution is -0.240. The molecule has 1 aromatic carbocycles. The largest absolute Gasteiger partial charge is 0.454 e. The molecule has 3 saturated carbocycles. The molecule has 0 bridgehead atoms. The topological polar surface area (TPSA) is 163 Å². The monoisotopic (exact) mass is 584 g/mol. The Kier molecular flexibility index (Phi) is 6.27. The van der Waals surface area contributed by atoms with Crippen LogP contribution in [0.5, 0.6) is 0 Å². The van der Waals surface area contributed by atoms with E-state index in [1.165, 1.54) is 13.0 Å². The van der Waals surface area contributed by atoms with Crippen LogP contribution in [0, 0.1) is 35.0 Å². The number of benzene rings is 1. The molecule has 6 rings (SSSR count). The average molecular weight is 585 g/mol. The van der Waals surface area contributed by atoms with Crippen LogP contribution in [0.25, 0.3) is 0 Å².